The van der Waals surface area contributed by atoms with E-state index in [1.165, 1.54) is 12.1 Å². The highest BCUT2D eigenvalue weighted by Gasteiger charge is 2.17. The maximum absolute atomic E-state index is 13.2. The zero-order valence-corrected chi connectivity index (χ0v) is 15.3. The van der Waals surface area contributed by atoms with E-state index < -0.39 is 0 Å². The Morgan fingerprint density at radius 3 is 2.30 bits per heavy atom. The summed E-state index contributed by atoms with van der Waals surface area (Å²) < 4.78 is 13.2. The van der Waals surface area contributed by atoms with E-state index in [0.717, 1.165) is 43.2 Å². The van der Waals surface area contributed by atoms with Crippen LogP contribution in [0.15, 0.2) is 60.7 Å². The van der Waals surface area contributed by atoms with Gasteiger partial charge in [0.2, 0.25) is 0 Å². The van der Waals surface area contributed by atoms with E-state index in [4.69, 9.17) is 4.98 Å². The van der Waals surface area contributed by atoms with Gasteiger partial charge in [0, 0.05) is 43.5 Å². The monoisotopic (exact) mass is 363 g/mol. The summed E-state index contributed by atoms with van der Waals surface area (Å²) in [6.07, 6.45) is 0. The number of nitrogens with zero attached hydrogens (tertiary/aromatic N) is 4. The molecule has 0 atom stereocenters. The van der Waals surface area contributed by atoms with Gasteiger partial charge >= 0.3 is 0 Å². The Morgan fingerprint density at radius 2 is 1.59 bits per heavy atom. The minimum atomic E-state index is -0.258. The summed E-state index contributed by atoms with van der Waals surface area (Å²) in [6.45, 7) is 3.87. The standard InChI is InChI=1S/C21H22FN5/c1-26-11-13-27(14-12-26)20-15-19(23-18-9-7-17(22)8-10-18)24-21(25-20)16-5-3-2-4-6-16/h2-10,15H,11-14H2,1H3,(H,23,24,25). The van der Waals surface area contributed by atoms with Gasteiger partial charge in [-0.1, -0.05) is 30.3 Å². The minimum Gasteiger partial charge on any atom is -0.354 e. The molecule has 1 saturated heterocycles. The van der Waals surface area contributed by atoms with Crippen LogP contribution in [0.25, 0.3) is 11.4 Å². The summed E-state index contributed by atoms with van der Waals surface area (Å²) in [7, 11) is 2.13. The van der Waals surface area contributed by atoms with Crippen LogP contribution in [0.2, 0.25) is 0 Å². The van der Waals surface area contributed by atoms with Crippen molar-refractivity contribution < 1.29 is 4.39 Å². The first-order chi connectivity index (χ1) is 13.2. The first kappa shape index (κ1) is 17.4. The van der Waals surface area contributed by atoms with Crippen molar-refractivity contribution in [2.24, 2.45) is 0 Å². The molecule has 1 N–H and O–H groups in total. The molecule has 0 bridgehead atoms. The highest BCUT2D eigenvalue weighted by atomic mass is 19.1. The number of anilines is 3. The predicted octanol–water partition coefficient (Wildman–Crippen LogP) is 3.78. The van der Waals surface area contributed by atoms with Crippen molar-refractivity contribution in [3.8, 4) is 11.4 Å². The van der Waals surface area contributed by atoms with Crippen molar-refractivity contribution >= 4 is 17.3 Å². The van der Waals surface area contributed by atoms with Gasteiger partial charge in [0.05, 0.1) is 0 Å². The van der Waals surface area contributed by atoms with Gasteiger partial charge in [-0.3, -0.25) is 0 Å². The molecule has 5 nitrogen and oxygen atoms in total. The average Bonchev–Trinajstić information content (AvgIpc) is 2.71. The van der Waals surface area contributed by atoms with E-state index in [-0.39, 0.29) is 5.82 Å². The molecule has 1 fully saturated rings. The third kappa shape index (κ3) is 4.23. The Bertz CT molecular complexity index is 890. The van der Waals surface area contributed by atoms with Gasteiger partial charge in [-0.05, 0) is 31.3 Å². The lowest BCUT2D eigenvalue weighted by Crippen LogP contribution is -2.44. The fraction of sp³-hybridized carbons (Fsp3) is 0.238. The first-order valence-corrected chi connectivity index (χ1v) is 9.08. The maximum Gasteiger partial charge on any atom is 0.163 e. The Balaban J connectivity index is 1.69. The van der Waals surface area contributed by atoms with Crippen LogP contribution in [0, 0.1) is 5.82 Å². The molecule has 3 aromatic rings. The largest absolute Gasteiger partial charge is 0.354 e. The number of rotatable bonds is 4. The van der Waals surface area contributed by atoms with Crippen molar-refractivity contribution in [3.05, 3.63) is 66.5 Å². The molecule has 1 aliphatic rings. The van der Waals surface area contributed by atoms with Gasteiger partial charge in [0.25, 0.3) is 0 Å². The predicted molar refractivity (Wildman–Crippen MR) is 107 cm³/mol. The van der Waals surface area contributed by atoms with Crippen molar-refractivity contribution in [1.82, 2.24) is 14.9 Å². The van der Waals surface area contributed by atoms with Crippen LogP contribution in [0.5, 0.6) is 0 Å². The molecule has 27 heavy (non-hydrogen) atoms. The highest BCUT2D eigenvalue weighted by Crippen LogP contribution is 2.25. The van der Waals surface area contributed by atoms with E-state index in [2.05, 4.69) is 27.1 Å². The van der Waals surface area contributed by atoms with Crippen LogP contribution in [0.1, 0.15) is 0 Å². The fourth-order valence-electron chi connectivity index (χ4n) is 3.09. The van der Waals surface area contributed by atoms with E-state index in [9.17, 15) is 4.39 Å². The van der Waals surface area contributed by atoms with Crippen LogP contribution in [-0.2, 0) is 0 Å². The molecule has 1 aliphatic heterocycles. The van der Waals surface area contributed by atoms with Crippen molar-refractivity contribution in [2.75, 3.05) is 43.4 Å². The lowest BCUT2D eigenvalue weighted by molar-refractivity contribution is 0.312. The van der Waals surface area contributed by atoms with Gasteiger partial charge in [0.1, 0.15) is 17.5 Å². The topological polar surface area (TPSA) is 44.3 Å². The molecular formula is C21H22FN5. The van der Waals surface area contributed by atoms with E-state index in [0.29, 0.717) is 11.6 Å². The van der Waals surface area contributed by atoms with Crippen LogP contribution < -0.4 is 10.2 Å². The second-order valence-electron chi connectivity index (χ2n) is 6.72. The third-order valence-corrected chi connectivity index (χ3v) is 4.69. The number of hydrogen-bond acceptors (Lipinski definition) is 5. The van der Waals surface area contributed by atoms with E-state index in [1.54, 1.807) is 12.1 Å². The molecule has 2 heterocycles. The molecule has 1 aromatic heterocycles. The average molecular weight is 363 g/mol. The number of halogens is 1. The number of nitrogens with one attached hydrogen (secondary N) is 1. The number of benzene rings is 2. The Hall–Kier alpha value is -2.99. The summed E-state index contributed by atoms with van der Waals surface area (Å²) >= 11 is 0. The second-order valence-corrected chi connectivity index (χ2v) is 6.72. The summed E-state index contributed by atoms with van der Waals surface area (Å²) in [6, 6.07) is 18.2. The smallest absolute Gasteiger partial charge is 0.163 e. The van der Waals surface area contributed by atoms with Gasteiger partial charge in [-0.2, -0.15) is 0 Å². The molecule has 0 unspecified atom stereocenters. The Labute approximate surface area is 158 Å². The minimum absolute atomic E-state index is 0.258. The van der Waals surface area contributed by atoms with Crippen LogP contribution in [0.4, 0.5) is 21.7 Å². The zero-order chi connectivity index (χ0) is 18.6. The molecular weight excluding hydrogens is 341 g/mol. The van der Waals surface area contributed by atoms with Crippen molar-refractivity contribution in [2.45, 2.75) is 0 Å². The molecule has 0 aliphatic carbocycles. The summed E-state index contributed by atoms with van der Waals surface area (Å²) in [5, 5.41) is 3.27. The van der Waals surface area contributed by atoms with Gasteiger partial charge in [0.15, 0.2) is 5.82 Å². The Kier molecular flexibility index (Phi) is 4.98. The van der Waals surface area contributed by atoms with Gasteiger partial charge in [-0.15, -0.1) is 0 Å². The number of aromatic nitrogens is 2. The molecule has 138 valence electrons. The quantitative estimate of drug-likeness (QED) is 0.764. The number of hydrogen-bond donors (Lipinski definition) is 1. The summed E-state index contributed by atoms with van der Waals surface area (Å²) in [5.41, 5.74) is 1.76. The van der Waals surface area contributed by atoms with Crippen LogP contribution in [-0.4, -0.2) is 48.1 Å². The van der Waals surface area contributed by atoms with Crippen LogP contribution in [0.3, 0.4) is 0 Å². The second kappa shape index (κ2) is 7.72. The maximum atomic E-state index is 13.2. The van der Waals surface area contributed by atoms with Gasteiger partial charge in [-0.25, -0.2) is 14.4 Å². The molecule has 4 rings (SSSR count). The lowest BCUT2D eigenvalue weighted by Gasteiger charge is -2.33. The third-order valence-electron chi connectivity index (χ3n) is 4.69. The summed E-state index contributed by atoms with van der Waals surface area (Å²) in [5.74, 6) is 2.02. The summed E-state index contributed by atoms with van der Waals surface area (Å²) in [4.78, 5) is 14.1. The van der Waals surface area contributed by atoms with Gasteiger partial charge < -0.3 is 15.1 Å². The van der Waals surface area contributed by atoms with Crippen molar-refractivity contribution in [3.63, 3.8) is 0 Å². The zero-order valence-electron chi connectivity index (χ0n) is 15.3. The van der Waals surface area contributed by atoms with Crippen LogP contribution >= 0.6 is 0 Å². The Morgan fingerprint density at radius 1 is 0.889 bits per heavy atom. The van der Waals surface area contributed by atoms with E-state index in [1.807, 2.05) is 36.4 Å². The molecule has 0 spiro atoms. The van der Waals surface area contributed by atoms with E-state index >= 15 is 0 Å². The van der Waals surface area contributed by atoms with Crippen molar-refractivity contribution in [1.29, 1.82) is 0 Å². The molecule has 6 heteroatoms. The lowest BCUT2D eigenvalue weighted by atomic mass is 10.2. The first-order valence-electron chi connectivity index (χ1n) is 9.08. The molecule has 0 radical (unpaired) electrons. The number of likely N-dealkylation sites (N-methyl/N-ethyl adjacent to an activating group) is 1. The molecule has 0 saturated carbocycles. The molecule has 0 amide bonds. The number of piperazine rings is 1. The molecule has 2 aromatic carbocycles. The SMILES string of the molecule is CN1CCN(c2cc(Nc3ccc(F)cc3)nc(-c3ccccc3)n2)CC1. The fourth-order valence-corrected chi connectivity index (χ4v) is 3.09. The normalized spacial score (nSPS) is 15.0. The highest BCUT2D eigenvalue weighted by molar-refractivity contribution is 5.65.